The minimum atomic E-state index is 0.00726. The first-order valence-electron chi connectivity index (χ1n) is 11.1. The Hall–Kier alpha value is -1.59. The first-order chi connectivity index (χ1) is 14.0. The van der Waals surface area contributed by atoms with Crippen molar-refractivity contribution in [2.24, 2.45) is 5.41 Å². The third-order valence-corrected chi connectivity index (χ3v) is 7.21. The molecule has 29 heavy (non-hydrogen) atoms. The van der Waals surface area contributed by atoms with E-state index < -0.39 is 0 Å². The van der Waals surface area contributed by atoms with Crippen LogP contribution in [0.2, 0.25) is 5.02 Å². The lowest BCUT2D eigenvalue weighted by Gasteiger charge is -2.37. The topological polar surface area (TPSA) is 43.9 Å². The molecular weight excluding hydrogens is 386 g/mol. The van der Waals surface area contributed by atoms with Gasteiger partial charge in [-0.2, -0.15) is 0 Å². The normalized spacial score (nSPS) is 22.7. The number of rotatable bonds is 6. The van der Waals surface area contributed by atoms with Crippen LogP contribution in [0.4, 0.5) is 5.69 Å². The maximum Gasteiger partial charge on any atom is 0.229 e. The van der Waals surface area contributed by atoms with Crippen molar-refractivity contribution in [3.8, 4) is 0 Å². The van der Waals surface area contributed by atoms with Gasteiger partial charge in [0.2, 0.25) is 11.8 Å². The van der Waals surface area contributed by atoms with Gasteiger partial charge in [0.05, 0.1) is 0 Å². The summed E-state index contributed by atoms with van der Waals surface area (Å²) in [7, 11) is 0. The Morgan fingerprint density at radius 3 is 2.21 bits per heavy atom. The summed E-state index contributed by atoms with van der Waals surface area (Å²) in [6, 6.07) is 8.05. The SMILES string of the molecule is O=C1CC2(CCCC2)CC(=O)N1CCCCN1CCN(c2cccc(Cl)c2)CC1. The molecule has 6 heteroatoms. The summed E-state index contributed by atoms with van der Waals surface area (Å²) in [6.07, 6.45) is 7.56. The molecule has 1 spiro atoms. The first-order valence-corrected chi connectivity index (χ1v) is 11.5. The van der Waals surface area contributed by atoms with Gasteiger partial charge in [0.1, 0.15) is 0 Å². The largest absolute Gasteiger partial charge is 0.369 e. The Kier molecular flexibility index (Phi) is 6.45. The van der Waals surface area contributed by atoms with Crippen LogP contribution in [0.15, 0.2) is 24.3 Å². The summed E-state index contributed by atoms with van der Waals surface area (Å²) < 4.78 is 0. The van der Waals surface area contributed by atoms with Gasteiger partial charge in [0, 0.05) is 56.3 Å². The number of anilines is 1. The molecule has 0 atom stereocenters. The molecule has 5 nitrogen and oxygen atoms in total. The van der Waals surface area contributed by atoms with Crippen LogP contribution in [-0.4, -0.2) is 60.9 Å². The van der Waals surface area contributed by atoms with E-state index in [9.17, 15) is 9.59 Å². The molecule has 1 saturated carbocycles. The number of carbonyl (C=O) groups is 2. The number of piperazine rings is 1. The minimum Gasteiger partial charge on any atom is -0.369 e. The average molecular weight is 418 g/mol. The van der Waals surface area contributed by atoms with Crippen molar-refractivity contribution in [1.82, 2.24) is 9.80 Å². The van der Waals surface area contributed by atoms with E-state index in [1.807, 2.05) is 18.2 Å². The standard InChI is InChI=1S/C23H32ClN3O2/c24-19-6-5-7-20(16-19)26-14-12-25(13-15-26)10-3-4-11-27-21(28)17-23(18-22(27)29)8-1-2-9-23/h5-7,16H,1-4,8-15,17-18H2. The molecule has 1 aromatic carbocycles. The minimum absolute atomic E-state index is 0.00726. The van der Waals surface area contributed by atoms with E-state index in [0.29, 0.717) is 19.4 Å². The number of imide groups is 1. The van der Waals surface area contributed by atoms with Crippen LogP contribution >= 0.6 is 11.6 Å². The number of likely N-dealkylation sites (tertiary alicyclic amines) is 1. The third-order valence-electron chi connectivity index (χ3n) is 6.97. The smallest absolute Gasteiger partial charge is 0.229 e. The fourth-order valence-electron chi connectivity index (χ4n) is 5.27. The number of halogens is 1. The highest BCUT2D eigenvalue weighted by Crippen LogP contribution is 2.46. The molecule has 0 N–H and O–H groups in total. The second-order valence-corrected chi connectivity index (χ2v) is 9.45. The van der Waals surface area contributed by atoms with Gasteiger partial charge in [0.25, 0.3) is 0 Å². The summed E-state index contributed by atoms with van der Waals surface area (Å²) in [5.74, 6) is 0.136. The second kappa shape index (κ2) is 9.05. The van der Waals surface area contributed by atoms with Crippen molar-refractivity contribution in [3.63, 3.8) is 0 Å². The van der Waals surface area contributed by atoms with Crippen LogP contribution in [0.1, 0.15) is 51.4 Å². The van der Waals surface area contributed by atoms with Crippen LogP contribution < -0.4 is 4.90 Å². The Balaban J connectivity index is 1.16. The zero-order chi connectivity index (χ0) is 20.3. The van der Waals surface area contributed by atoms with Crippen LogP contribution in [0, 0.1) is 5.41 Å². The van der Waals surface area contributed by atoms with Crippen molar-refractivity contribution in [1.29, 1.82) is 0 Å². The molecular formula is C23H32ClN3O2. The van der Waals surface area contributed by atoms with Gasteiger partial charge in [0.15, 0.2) is 0 Å². The Labute approximate surface area is 179 Å². The number of unbranched alkanes of at least 4 members (excludes halogenated alkanes) is 1. The van der Waals surface area contributed by atoms with E-state index >= 15 is 0 Å². The molecule has 2 amide bonds. The summed E-state index contributed by atoms with van der Waals surface area (Å²) in [4.78, 5) is 31.5. The summed E-state index contributed by atoms with van der Waals surface area (Å²) >= 11 is 6.11. The highest BCUT2D eigenvalue weighted by Gasteiger charge is 2.44. The molecule has 1 aromatic rings. The molecule has 0 bridgehead atoms. The van der Waals surface area contributed by atoms with Crippen molar-refractivity contribution in [2.45, 2.75) is 51.4 Å². The summed E-state index contributed by atoms with van der Waals surface area (Å²) in [5, 5.41) is 0.783. The molecule has 2 aliphatic heterocycles. The maximum atomic E-state index is 12.5. The average Bonchev–Trinajstić information content (AvgIpc) is 3.14. The fourth-order valence-corrected chi connectivity index (χ4v) is 5.45. The second-order valence-electron chi connectivity index (χ2n) is 9.02. The predicted octanol–water partition coefficient (Wildman–Crippen LogP) is 3.95. The van der Waals surface area contributed by atoms with Crippen molar-refractivity contribution < 1.29 is 9.59 Å². The van der Waals surface area contributed by atoms with Crippen LogP contribution in [0.5, 0.6) is 0 Å². The third kappa shape index (κ3) is 4.95. The molecule has 0 aromatic heterocycles. The zero-order valence-electron chi connectivity index (χ0n) is 17.2. The van der Waals surface area contributed by atoms with Gasteiger partial charge < -0.3 is 4.90 Å². The molecule has 4 rings (SSSR count). The van der Waals surface area contributed by atoms with Gasteiger partial charge in [-0.25, -0.2) is 0 Å². The lowest BCUT2D eigenvalue weighted by Crippen LogP contribution is -2.48. The molecule has 2 saturated heterocycles. The van der Waals surface area contributed by atoms with Gasteiger partial charge in [-0.05, 0) is 55.8 Å². The van der Waals surface area contributed by atoms with Crippen LogP contribution in [0.25, 0.3) is 0 Å². The monoisotopic (exact) mass is 417 g/mol. The quantitative estimate of drug-likeness (QED) is 0.519. The van der Waals surface area contributed by atoms with E-state index in [-0.39, 0.29) is 17.2 Å². The Morgan fingerprint density at radius 2 is 1.55 bits per heavy atom. The molecule has 2 heterocycles. The van der Waals surface area contributed by atoms with Gasteiger partial charge in [-0.15, -0.1) is 0 Å². The van der Waals surface area contributed by atoms with Gasteiger partial charge in [-0.3, -0.25) is 19.4 Å². The van der Waals surface area contributed by atoms with Crippen molar-refractivity contribution in [2.75, 3.05) is 44.2 Å². The number of hydrogen-bond donors (Lipinski definition) is 0. The van der Waals surface area contributed by atoms with Gasteiger partial charge >= 0.3 is 0 Å². The van der Waals surface area contributed by atoms with E-state index in [4.69, 9.17) is 11.6 Å². The summed E-state index contributed by atoms with van der Waals surface area (Å²) in [6.45, 7) is 5.71. The lowest BCUT2D eigenvalue weighted by atomic mass is 9.76. The highest BCUT2D eigenvalue weighted by molar-refractivity contribution is 6.30. The number of amides is 2. The number of nitrogens with zero attached hydrogens (tertiary/aromatic N) is 3. The first kappa shape index (κ1) is 20.7. The molecule has 1 aliphatic carbocycles. The fraction of sp³-hybridized carbons (Fsp3) is 0.652. The van der Waals surface area contributed by atoms with Crippen molar-refractivity contribution in [3.05, 3.63) is 29.3 Å². The molecule has 0 unspecified atom stereocenters. The number of hydrogen-bond acceptors (Lipinski definition) is 4. The van der Waals surface area contributed by atoms with Crippen LogP contribution in [0.3, 0.4) is 0 Å². The van der Waals surface area contributed by atoms with E-state index in [0.717, 1.165) is 63.4 Å². The number of benzene rings is 1. The Bertz CT molecular complexity index is 719. The van der Waals surface area contributed by atoms with Crippen LogP contribution in [-0.2, 0) is 9.59 Å². The van der Waals surface area contributed by atoms with Crippen molar-refractivity contribution >= 4 is 29.1 Å². The molecule has 3 aliphatic rings. The molecule has 3 fully saturated rings. The number of piperidine rings is 1. The molecule has 0 radical (unpaired) electrons. The maximum absolute atomic E-state index is 12.5. The van der Waals surface area contributed by atoms with E-state index in [1.165, 1.54) is 18.5 Å². The lowest BCUT2D eigenvalue weighted by molar-refractivity contribution is -0.153. The Morgan fingerprint density at radius 1 is 0.897 bits per heavy atom. The molecule has 158 valence electrons. The number of carbonyl (C=O) groups excluding carboxylic acids is 2. The van der Waals surface area contributed by atoms with E-state index in [2.05, 4.69) is 15.9 Å². The van der Waals surface area contributed by atoms with E-state index in [1.54, 1.807) is 4.90 Å². The highest BCUT2D eigenvalue weighted by atomic mass is 35.5. The zero-order valence-corrected chi connectivity index (χ0v) is 18.0. The van der Waals surface area contributed by atoms with Gasteiger partial charge in [-0.1, -0.05) is 30.5 Å². The predicted molar refractivity (Wildman–Crippen MR) is 116 cm³/mol. The summed E-state index contributed by atoms with van der Waals surface area (Å²) in [5.41, 5.74) is 1.20.